The second kappa shape index (κ2) is 9.30. The minimum atomic E-state index is -4.42. The molecule has 9 heteroatoms. The molecule has 0 aliphatic carbocycles. The van der Waals surface area contributed by atoms with Crippen molar-refractivity contribution in [3.63, 3.8) is 0 Å². The molecule has 2 aromatic rings. The van der Waals surface area contributed by atoms with E-state index in [0.717, 1.165) is 30.3 Å². The van der Waals surface area contributed by atoms with Crippen LogP contribution in [0.2, 0.25) is 5.02 Å². The summed E-state index contributed by atoms with van der Waals surface area (Å²) in [5, 5.41) is 3.65. The molecule has 0 spiro atoms. The molecule has 34 heavy (non-hydrogen) atoms. The summed E-state index contributed by atoms with van der Waals surface area (Å²) >= 11 is 6.44. The molecular formula is C25H27ClF3N3O2. The standard InChI is InChI=1S/C25H27ClF3N3O2/c26-20-5-1-2-6-22(20)31-9-10-32-21-8-7-17(25(27,28)29)12-16(21)13-19(23(32)15-31)24(33)30-14-18-4-3-11-34-18/h1-2,5-8,12,18-19,23H,3-4,9-11,13-15H2,(H,30,33)/t18-,19+,23+/m0/s1. The van der Waals surface area contributed by atoms with E-state index in [9.17, 15) is 18.0 Å². The number of hydrogen-bond acceptors (Lipinski definition) is 4. The molecule has 0 radical (unpaired) electrons. The molecule has 5 rings (SSSR count). The first kappa shape index (κ1) is 23.3. The van der Waals surface area contributed by atoms with Gasteiger partial charge in [-0.25, -0.2) is 0 Å². The molecule has 2 fully saturated rings. The maximum Gasteiger partial charge on any atom is 0.416 e. The number of nitrogens with zero attached hydrogens (tertiary/aromatic N) is 2. The Balaban J connectivity index is 1.44. The summed E-state index contributed by atoms with van der Waals surface area (Å²) in [5.41, 5.74) is 1.56. The summed E-state index contributed by atoms with van der Waals surface area (Å²) in [6.07, 6.45) is -2.29. The number of carbonyl (C=O) groups excluding carboxylic acids is 1. The minimum Gasteiger partial charge on any atom is -0.376 e. The van der Waals surface area contributed by atoms with Crippen molar-refractivity contribution in [1.29, 1.82) is 0 Å². The molecule has 3 aliphatic heterocycles. The molecule has 1 N–H and O–H groups in total. The Bertz CT molecular complexity index is 1060. The highest BCUT2D eigenvalue weighted by atomic mass is 35.5. The quantitative estimate of drug-likeness (QED) is 0.680. The molecule has 5 nitrogen and oxygen atoms in total. The molecule has 1 amide bonds. The Morgan fingerprint density at radius 3 is 2.71 bits per heavy atom. The summed E-state index contributed by atoms with van der Waals surface area (Å²) < 4.78 is 45.8. The van der Waals surface area contributed by atoms with Gasteiger partial charge in [-0.1, -0.05) is 23.7 Å². The molecule has 3 heterocycles. The van der Waals surface area contributed by atoms with E-state index in [1.54, 1.807) is 6.07 Å². The van der Waals surface area contributed by atoms with Crippen LogP contribution in [0.3, 0.4) is 0 Å². The van der Waals surface area contributed by atoms with Crippen LogP contribution in [0.5, 0.6) is 0 Å². The Hall–Kier alpha value is -2.45. The van der Waals surface area contributed by atoms with Crippen LogP contribution in [0.4, 0.5) is 24.5 Å². The van der Waals surface area contributed by atoms with Crippen molar-refractivity contribution in [2.75, 3.05) is 42.6 Å². The van der Waals surface area contributed by atoms with Gasteiger partial charge in [0.25, 0.3) is 0 Å². The molecule has 2 aromatic carbocycles. The van der Waals surface area contributed by atoms with E-state index in [1.807, 2.05) is 24.3 Å². The van der Waals surface area contributed by atoms with Gasteiger partial charge in [-0.05, 0) is 55.2 Å². The predicted molar refractivity (Wildman–Crippen MR) is 125 cm³/mol. The first-order chi connectivity index (χ1) is 16.3. The average Bonchev–Trinajstić information content (AvgIpc) is 3.35. The smallest absolute Gasteiger partial charge is 0.376 e. The number of para-hydroxylation sites is 1. The lowest BCUT2D eigenvalue weighted by atomic mass is 9.82. The molecule has 0 bridgehead atoms. The molecule has 0 unspecified atom stereocenters. The highest BCUT2D eigenvalue weighted by Crippen LogP contribution is 2.41. The predicted octanol–water partition coefficient (Wildman–Crippen LogP) is 4.52. The lowest BCUT2D eigenvalue weighted by molar-refractivity contribution is -0.137. The first-order valence-electron chi connectivity index (χ1n) is 11.7. The second-order valence-electron chi connectivity index (χ2n) is 9.19. The van der Waals surface area contributed by atoms with E-state index in [1.165, 1.54) is 6.07 Å². The van der Waals surface area contributed by atoms with Crippen LogP contribution in [0.15, 0.2) is 42.5 Å². The van der Waals surface area contributed by atoms with E-state index in [2.05, 4.69) is 15.1 Å². The number of halogens is 4. The average molecular weight is 494 g/mol. The maximum atomic E-state index is 13.4. The third-order valence-electron chi connectivity index (χ3n) is 7.10. The van der Waals surface area contributed by atoms with Crippen molar-refractivity contribution in [2.45, 2.75) is 37.6 Å². The summed E-state index contributed by atoms with van der Waals surface area (Å²) in [7, 11) is 0. The van der Waals surface area contributed by atoms with Gasteiger partial charge in [-0.2, -0.15) is 13.2 Å². The second-order valence-corrected chi connectivity index (χ2v) is 9.60. The van der Waals surface area contributed by atoms with Gasteiger partial charge in [0, 0.05) is 38.5 Å². The Morgan fingerprint density at radius 1 is 1.15 bits per heavy atom. The van der Waals surface area contributed by atoms with Crippen molar-refractivity contribution < 1.29 is 22.7 Å². The topological polar surface area (TPSA) is 44.8 Å². The normalized spacial score (nSPS) is 24.5. The van der Waals surface area contributed by atoms with E-state index in [4.69, 9.17) is 16.3 Å². The summed E-state index contributed by atoms with van der Waals surface area (Å²) in [6, 6.07) is 11.3. The highest BCUT2D eigenvalue weighted by molar-refractivity contribution is 6.33. The SMILES string of the molecule is O=C(NC[C@@H]1CCCO1)[C@@H]1Cc2cc(C(F)(F)F)ccc2N2CCN(c3ccccc3Cl)C[C@H]12. The highest BCUT2D eigenvalue weighted by Gasteiger charge is 2.43. The van der Waals surface area contributed by atoms with E-state index in [-0.39, 0.29) is 24.5 Å². The van der Waals surface area contributed by atoms with E-state index < -0.39 is 17.7 Å². The summed E-state index contributed by atoms with van der Waals surface area (Å²) in [6.45, 7) is 2.92. The third kappa shape index (κ3) is 4.58. The van der Waals surface area contributed by atoms with Crippen LogP contribution in [0.1, 0.15) is 24.0 Å². The monoisotopic (exact) mass is 493 g/mol. The number of alkyl halides is 3. The molecule has 0 saturated carbocycles. The van der Waals surface area contributed by atoms with Crippen molar-refractivity contribution in [2.24, 2.45) is 5.92 Å². The maximum absolute atomic E-state index is 13.4. The fraction of sp³-hybridized carbons (Fsp3) is 0.480. The van der Waals surface area contributed by atoms with Crippen molar-refractivity contribution in [3.8, 4) is 0 Å². The number of piperazine rings is 1. The molecule has 2 saturated heterocycles. The van der Waals surface area contributed by atoms with E-state index in [0.29, 0.717) is 43.4 Å². The Labute approximate surface area is 201 Å². The Kier molecular flexibility index (Phi) is 6.37. The van der Waals surface area contributed by atoms with Gasteiger partial charge in [0.1, 0.15) is 0 Å². The largest absolute Gasteiger partial charge is 0.416 e. The number of nitrogens with one attached hydrogen (secondary N) is 1. The van der Waals surface area contributed by atoms with Crippen LogP contribution in [-0.4, -0.2) is 50.8 Å². The number of carbonyl (C=O) groups is 1. The number of anilines is 2. The Morgan fingerprint density at radius 2 is 1.97 bits per heavy atom. The van der Waals surface area contributed by atoms with E-state index >= 15 is 0 Å². The number of amides is 1. The third-order valence-corrected chi connectivity index (χ3v) is 7.42. The van der Waals surface area contributed by atoms with Gasteiger partial charge in [0.2, 0.25) is 5.91 Å². The number of benzene rings is 2. The van der Waals surface area contributed by atoms with Gasteiger partial charge in [-0.15, -0.1) is 0 Å². The van der Waals surface area contributed by atoms with Crippen LogP contribution < -0.4 is 15.1 Å². The zero-order valence-electron chi connectivity index (χ0n) is 18.7. The van der Waals surface area contributed by atoms with Gasteiger partial charge in [-0.3, -0.25) is 4.79 Å². The van der Waals surface area contributed by atoms with Crippen LogP contribution in [-0.2, 0) is 22.1 Å². The molecule has 3 atom stereocenters. The molecular weight excluding hydrogens is 467 g/mol. The fourth-order valence-electron chi connectivity index (χ4n) is 5.38. The van der Waals surface area contributed by atoms with Gasteiger partial charge >= 0.3 is 6.18 Å². The van der Waals surface area contributed by atoms with Gasteiger partial charge in [0.15, 0.2) is 0 Å². The molecule has 0 aromatic heterocycles. The minimum absolute atomic E-state index is 0.00117. The lowest BCUT2D eigenvalue weighted by Crippen LogP contribution is -2.61. The fourth-order valence-corrected chi connectivity index (χ4v) is 5.63. The number of fused-ring (bicyclic) bond motifs is 3. The molecule has 182 valence electrons. The van der Waals surface area contributed by atoms with Crippen LogP contribution >= 0.6 is 11.6 Å². The van der Waals surface area contributed by atoms with Crippen molar-refractivity contribution in [1.82, 2.24) is 5.32 Å². The lowest BCUT2D eigenvalue weighted by Gasteiger charge is -2.50. The zero-order valence-corrected chi connectivity index (χ0v) is 19.4. The van der Waals surface area contributed by atoms with Crippen molar-refractivity contribution >= 4 is 28.9 Å². The summed E-state index contributed by atoms with van der Waals surface area (Å²) in [5.74, 6) is -0.628. The van der Waals surface area contributed by atoms with Crippen molar-refractivity contribution in [3.05, 3.63) is 58.6 Å². The first-order valence-corrected chi connectivity index (χ1v) is 12.0. The zero-order chi connectivity index (χ0) is 23.9. The molecule has 3 aliphatic rings. The number of rotatable bonds is 4. The summed E-state index contributed by atoms with van der Waals surface area (Å²) in [4.78, 5) is 17.6. The van der Waals surface area contributed by atoms with Crippen LogP contribution in [0, 0.1) is 5.92 Å². The number of ether oxygens (including phenoxy) is 1. The van der Waals surface area contributed by atoms with Crippen LogP contribution in [0.25, 0.3) is 0 Å². The van der Waals surface area contributed by atoms with Gasteiger partial charge in [0.05, 0.1) is 34.3 Å². The van der Waals surface area contributed by atoms with Gasteiger partial charge < -0.3 is 19.9 Å². The number of hydrogen-bond donors (Lipinski definition) is 1.